The second-order valence-electron chi connectivity index (χ2n) is 21.0. The number of hydrogen-bond acceptors (Lipinski definition) is 4. The molecule has 0 aromatic heterocycles. The van der Waals surface area contributed by atoms with Crippen molar-refractivity contribution in [3.8, 4) is 33.8 Å². The Labute approximate surface area is 358 Å². The van der Waals surface area contributed by atoms with Crippen molar-refractivity contribution < 1.29 is 30.0 Å². The molecular formula is C54H66O6. The first-order chi connectivity index (χ1) is 27.4. The van der Waals surface area contributed by atoms with Gasteiger partial charge in [-0.05, 0) is 128 Å². The van der Waals surface area contributed by atoms with Gasteiger partial charge < -0.3 is 20.4 Å². The van der Waals surface area contributed by atoms with Crippen LogP contribution in [0.25, 0.3) is 22.3 Å². The fourth-order valence-corrected chi connectivity index (χ4v) is 9.08. The first kappa shape index (κ1) is 45.7. The van der Waals surface area contributed by atoms with Gasteiger partial charge in [-0.25, -0.2) is 9.59 Å². The second-order valence-corrected chi connectivity index (χ2v) is 21.0. The van der Waals surface area contributed by atoms with Crippen molar-refractivity contribution >= 4 is 11.9 Å². The van der Waals surface area contributed by atoms with Gasteiger partial charge in [0.15, 0.2) is 0 Å². The number of hydrogen-bond donors (Lipinski definition) is 4. The summed E-state index contributed by atoms with van der Waals surface area (Å²) in [6.45, 7) is 33.3. The number of phenols is 2. The third-order valence-electron chi connectivity index (χ3n) is 12.0. The molecule has 0 bridgehead atoms. The van der Waals surface area contributed by atoms with Crippen LogP contribution in [0.4, 0.5) is 0 Å². The van der Waals surface area contributed by atoms with E-state index in [1.807, 2.05) is 76.2 Å². The van der Waals surface area contributed by atoms with Crippen LogP contribution in [0.3, 0.4) is 0 Å². The van der Waals surface area contributed by atoms with Gasteiger partial charge in [-0.15, -0.1) is 0 Å². The Balaban J connectivity index is 2.00. The van der Waals surface area contributed by atoms with Gasteiger partial charge in [-0.1, -0.05) is 143 Å². The first-order valence-corrected chi connectivity index (χ1v) is 21.0. The summed E-state index contributed by atoms with van der Waals surface area (Å²) in [5.74, 6) is -1.98. The minimum absolute atomic E-state index is 0.0278. The molecule has 0 aliphatic carbocycles. The molecule has 5 aromatic carbocycles. The minimum atomic E-state index is -1.18. The number of benzene rings is 5. The summed E-state index contributed by atoms with van der Waals surface area (Å²) in [7, 11) is 0. The fraction of sp³-hybridized carbons (Fsp3) is 0.407. The average molecular weight is 811 g/mol. The smallest absolute Gasteiger partial charge is 0.336 e. The zero-order chi connectivity index (χ0) is 45.2. The Morgan fingerprint density at radius 3 is 1.02 bits per heavy atom. The highest BCUT2D eigenvalue weighted by atomic mass is 16.4. The van der Waals surface area contributed by atoms with Gasteiger partial charge in [0.2, 0.25) is 0 Å². The van der Waals surface area contributed by atoms with Crippen LogP contribution in [-0.4, -0.2) is 32.4 Å². The predicted molar refractivity (Wildman–Crippen MR) is 247 cm³/mol. The van der Waals surface area contributed by atoms with E-state index in [1.54, 1.807) is 0 Å². The molecule has 6 nitrogen and oxygen atoms in total. The van der Waals surface area contributed by atoms with Crippen LogP contribution in [0.5, 0.6) is 11.5 Å². The van der Waals surface area contributed by atoms with Gasteiger partial charge in [0.25, 0.3) is 0 Å². The maximum atomic E-state index is 13.5. The first-order valence-electron chi connectivity index (χ1n) is 21.0. The molecule has 0 spiro atoms. The highest BCUT2D eigenvalue weighted by Gasteiger charge is 2.32. The summed E-state index contributed by atoms with van der Waals surface area (Å²) in [5.41, 5.74) is 11.1. The van der Waals surface area contributed by atoms with E-state index < -0.39 is 11.9 Å². The third-order valence-corrected chi connectivity index (χ3v) is 12.0. The molecule has 0 aliphatic heterocycles. The van der Waals surface area contributed by atoms with Crippen molar-refractivity contribution in [2.24, 2.45) is 0 Å². The number of carbonyl (C=O) groups is 2. The summed E-state index contributed by atoms with van der Waals surface area (Å²) >= 11 is 0. The number of carboxylic acids is 2. The van der Waals surface area contributed by atoms with E-state index in [-0.39, 0.29) is 57.1 Å². The third kappa shape index (κ3) is 8.89. The molecule has 0 radical (unpaired) electrons. The fourth-order valence-electron chi connectivity index (χ4n) is 9.08. The highest BCUT2D eigenvalue weighted by Crippen LogP contribution is 2.47. The summed E-state index contributed by atoms with van der Waals surface area (Å²) in [6, 6.07) is 18.7. The molecular weight excluding hydrogens is 745 g/mol. The Morgan fingerprint density at radius 1 is 0.450 bits per heavy atom. The van der Waals surface area contributed by atoms with Gasteiger partial charge in [0, 0.05) is 24.0 Å². The number of carboxylic acid groups (broad SMARTS) is 2. The number of rotatable bonds is 8. The van der Waals surface area contributed by atoms with E-state index in [1.165, 1.54) is 12.1 Å². The zero-order valence-corrected chi connectivity index (χ0v) is 38.8. The van der Waals surface area contributed by atoms with Crippen molar-refractivity contribution in [1.82, 2.24) is 0 Å². The van der Waals surface area contributed by atoms with E-state index in [0.717, 1.165) is 55.6 Å². The molecule has 0 fully saturated rings. The van der Waals surface area contributed by atoms with Crippen LogP contribution in [-0.2, 0) is 34.5 Å². The lowest BCUT2D eigenvalue weighted by molar-refractivity contribution is 0.0682. The molecule has 0 saturated heterocycles. The number of phenolic OH excluding ortho intramolecular Hbond substituents is 2. The SMILES string of the molecule is Cc1cc(Cc2c(-c3c(C(=O)O)ccc(C(=O)O)c3-c3ccc(C(C)(C)C)c(C)c3Cc3cc(C)cc(C(C)(C)C)c3O)ccc(C(C)(C)C)c2C)c(O)c(C(C)(C)C)c1. The van der Waals surface area contributed by atoms with E-state index in [4.69, 9.17) is 0 Å². The lowest BCUT2D eigenvalue weighted by atomic mass is 9.75. The Hall–Kier alpha value is -5.36. The molecule has 5 aromatic rings. The van der Waals surface area contributed by atoms with E-state index in [9.17, 15) is 30.0 Å². The number of aromatic hydroxyl groups is 2. The molecule has 60 heavy (non-hydrogen) atoms. The topological polar surface area (TPSA) is 115 Å². The van der Waals surface area contributed by atoms with Crippen molar-refractivity contribution in [1.29, 1.82) is 0 Å². The van der Waals surface area contributed by atoms with E-state index >= 15 is 0 Å². The lowest BCUT2D eigenvalue weighted by Gasteiger charge is -2.29. The van der Waals surface area contributed by atoms with E-state index in [0.29, 0.717) is 33.4 Å². The van der Waals surface area contributed by atoms with Crippen molar-refractivity contribution in [2.75, 3.05) is 0 Å². The standard InChI is InChI=1S/C54H66O6/c1-29-23-33(47(55)43(25-29)53(11,12)13)27-39-31(3)41(51(5,6)7)21-19-35(39)45-37(49(57)58)17-18-38(50(59)60)46(45)36-20-22-42(52(8,9)10)32(4)40(36)28-34-24-30(2)26-44(48(34)56)54(14,15)16/h17-26,55-56H,27-28H2,1-16H3,(H,57,58)(H,59,60). The molecule has 318 valence electrons. The molecule has 0 atom stereocenters. The highest BCUT2D eigenvalue weighted by molar-refractivity contribution is 6.09. The van der Waals surface area contributed by atoms with Gasteiger partial charge >= 0.3 is 11.9 Å². The summed E-state index contributed by atoms with van der Waals surface area (Å²) in [5, 5.41) is 45.9. The second kappa shape index (κ2) is 15.9. The normalized spacial score (nSPS) is 12.5. The molecule has 0 unspecified atom stereocenters. The molecule has 6 heteroatoms. The zero-order valence-electron chi connectivity index (χ0n) is 38.8. The van der Waals surface area contributed by atoms with Crippen LogP contribution < -0.4 is 0 Å². The van der Waals surface area contributed by atoms with Crippen LogP contribution in [0.1, 0.15) is 171 Å². The summed E-state index contributed by atoms with van der Waals surface area (Å²) in [6.07, 6.45) is 0.554. The van der Waals surface area contributed by atoms with Gasteiger partial charge in [-0.3, -0.25) is 0 Å². The maximum absolute atomic E-state index is 13.5. The van der Waals surface area contributed by atoms with Crippen LogP contribution in [0.15, 0.2) is 60.7 Å². The summed E-state index contributed by atoms with van der Waals surface area (Å²) < 4.78 is 0. The van der Waals surface area contributed by atoms with Crippen molar-refractivity contribution in [3.05, 3.63) is 139 Å². The molecule has 4 N–H and O–H groups in total. The van der Waals surface area contributed by atoms with Gasteiger partial charge in [-0.2, -0.15) is 0 Å². The number of aryl methyl sites for hydroxylation is 2. The van der Waals surface area contributed by atoms with Crippen LogP contribution in [0.2, 0.25) is 0 Å². The van der Waals surface area contributed by atoms with Gasteiger partial charge in [0.05, 0.1) is 11.1 Å². The average Bonchev–Trinajstić information content (AvgIpc) is 3.09. The quantitative estimate of drug-likeness (QED) is 0.124. The monoisotopic (exact) mass is 810 g/mol. The lowest BCUT2D eigenvalue weighted by Crippen LogP contribution is -2.17. The number of aromatic carboxylic acids is 2. The molecule has 0 amide bonds. The molecule has 5 rings (SSSR count). The minimum Gasteiger partial charge on any atom is -0.507 e. The summed E-state index contributed by atoms with van der Waals surface area (Å²) in [4.78, 5) is 27.0. The molecule has 0 heterocycles. The Morgan fingerprint density at radius 2 is 0.750 bits per heavy atom. The molecule has 0 aliphatic rings. The van der Waals surface area contributed by atoms with Crippen LogP contribution in [0, 0.1) is 27.7 Å². The van der Waals surface area contributed by atoms with E-state index in [2.05, 4.69) is 83.1 Å². The Bertz CT molecular complexity index is 2350. The maximum Gasteiger partial charge on any atom is 0.336 e. The Kier molecular flexibility index (Phi) is 12.1. The largest absolute Gasteiger partial charge is 0.507 e. The molecule has 0 saturated carbocycles. The van der Waals surface area contributed by atoms with Crippen LogP contribution >= 0.6 is 0 Å². The predicted octanol–water partition coefficient (Wildman–Crippen LogP) is 13.4. The van der Waals surface area contributed by atoms with Crippen molar-refractivity contribution in [3.63, 3.8) is 0 Å². The van der Waals surface area contributed by atoms with Crippen molar-refractivity contribution in [2.45, 2.75) is 145 Å². The van der Waals surface area contributed by atoms with Gasteiger partial charge in [0.1, 0.15) is 11.5 Å².